The first-order valence-corrected chi connectivity index (χ1v) is 5.86. The smallest absolute Gasteiger partial charge is 0.0716 e. The van der Waals surface area contributed by atoms with Crippen LogP contribution in [-0.2, 0) is 6.42 Å². The Morgan fingerprint density at radius 2 is 2.07 bits per heavy atom. The predicted octanol–water partition coefficient (Wildman–Crippen LogP) is 3.61. The number of rotatable bonds is 0. The number of nitrogens with zero attached hydrogens (tertiary/aromatic N) is 1. The fourth-order valence-corrected chi connectivity index (χ4v) is 3.32. The lowest BCUT2D eigenvalue weighted by Crippen LogP contribution is -1.92. The molecule has 0 bridgehead atoms. The monoisotopic (exact) mass is 237 g/mol. The maximum Gasteiger partial charge on any atom is 0.0716 e. The lowest BCUT2D eigenvalue weighted by Gasteiger charge is -2.06. The van der Waals surface area contributed by atoms with Gasteiger partial charge in [-0.25, -0.2) is 0 Å². The van der Waals surface area contributed by atoms with Crippen molar-refractivity contribution in [3.05, 3.63) is 35.5 Å². The number of pyridine rings is 1. The van der Waals surface area contributed by atoms with E-state index in [1.807, 2.05) is 11.8 Å². The number of hydrogen-bond donors (Lipinski definition) is 0. The van der Waals surface area contributed by atoms with Crippen LogP contribution in [0.15, 0.2) is 29.2 Å². The Morgan fingerprint density at radius 3 is 2.93 bits per heavy atom. The summed E-state index contributed by atoms with van der Waals surface area (Å²) in [7, 11) is 0. The van der Waals surface area contributed by atoms with Gasteiger partial charge in [0.25, 0.3) is 0 Å². The summed E-state index contributed by atoms with van der Waals surface area (Å²) in [6.07, 6.45) is 1.18. The minimum absolute atomic E-state index is 0. The van der Waals surface area contributed by atoms with Crippen LogP contribution in [-0.4, -0.2) is 10.7 Å². The Bertz CT molecular complexity index is 510. The first-order valence-electron chi connectivity index (χ1n) is 4.87. The zero-order valence-electron chi connectivity index (χ0n) is 8.49. The molecule has 0 saturated heterocycles. The molecule has 3 rings (SSSR count). The second kappa shape index (κ2) is 4.03. The summed E-state index contributed by atoms with van der Waals surface area (Å²) in [5.74, 6) is 1.21. The lowest BCUT2D eigenvalue weighted by atomic mass is 10.1. The molecular formula is C12H12ClNS. The number of benzene rings is 1. The minimum atomic E-state index is 0. The SMILES string of the molecule is Cc1nc2ccccc2c2c1CCS2.Cl. The van der Waals surface area contributed by atoms with Crippen LogP contribution >= 0.6 is 24.2 Å². The number of aryl methyl sites for hydroxylation is 1. The molecule has 0 unspecified atom stereocenters. The van der Waals surface area contributed by atoms with Gasteiger partial charge < -0.3 is 0 Å². The van der Waals surface area contributed by atoms with Gasteiger partial charge >= 0.3 is 0 Å². The van der Waals surface area contributed by atoms with Gasteiger partial charge in [0.05, 0.1) is 5.52 Å². The lowest BCUT2D eigenvalue weighted by molar-refractivity contribution is 1.07. The molecule has 3 heteroatoms. The molecule has 0 fully saturated rings. The van der Waals surface area contributed by atoms with E-state index in [4.69, 9.17) is 0 Å². The fraction of sp³-hybridized carbons (Fsp3) is 0.250. The van der Waals surface area contributed by atoms with Gasteiger partial charge in [-0.05, 0) is 25.0 Å². The van der Waals surface area contributed by atoms with Crippen molar-refractivity contribution >= 4 is 35.1 Å². The van der Waals surface area contributed by atoms with E-state index in [1.165, 1.54) is 33.7 Å². The molecule has 0 aliphatic carbocycles. The molecule has 15 heavy (non-hydrogen) atoms. The molecule has 0 radical (unpaired) electrons. The third-order valence-electron chi connectivity index (χ3n) is 2.75. The van der Waals surface area contributed by atoms with Crippen LogP contribution in [0.2, 0.25) is 0 Å². The van der Waals surface area contributed by atoms with Crippen LogP contribution in [0.25, 0.3) is 10.9 Å². The molecule has 1 nitrogen and oxygen atoms in total. The Kier molecular flexibility index (Phi) is 2.89. The third kappa shape index (κ3) is 1.62. The van der Waals surface area contributed by atoms with Crippen LogP contribution in [0.1, 0.15) is 11.3 Å². The second-order valence-electron chi connectivity index (χ2n) is 3.62. The summed E-state index contributed by atoms with van der Waals surface area (Å²) in [5, 5.41) is 1.33. The number of aromatic nitrogens is 1. The highest BCUT2D eigenvalue weighted by Gasteiger charge is 2.17. The molecular weight excluding hydrogens is 226 g/mol. The van der Waals surface area contributed by atoms with Gasteiger partial charge in [-0.15, -0.1) is 24.2 Å². The minimum Gasteiger partial charge on any atom is -0.253 e. The van der Waals surface area contributed by atoms with Crippen LogP contribution in [0.5, 0.6) is 0 Å². The molecule has 78 valence electrons. The average Bonchev–Trinajstić information content (AvgIpc) is 2.67. The van der Waals surface area contributed by atoms with Crippen LogP contribution < -0.4 is 0 Å². The van der Waals surface area contributed by atoms with E-state index in [2.05, 4.69) is 36.2 Å². The van der Waals surface area contributed by atoms with E-state index in [9.17, 15) is 0 Å². The topological polar surface area (TPSA) is 12.9 Å². The van der Waals surface area contributed by atoms with Crippen molar-refractivity contribution in [1.29, 1.82) is 0 Å². The molecule has 1 aromatic carbocycles. The van der Waals surface area contributed by atoms with Gasteiger partial charge in [0.2, 0.25) is 0 Å². The summed E-state index contributed by atoms with van der Waals surface area (Å²) in [6.45, 7) is 2.12. The molecule has 2 aromatic rings. The third-order valence-corrected chi connectivity index (χ3v) is 3.91. The Hall–Kier alpha value is -0.730. The van der Waals surface area contributed by atoms with E-state index < -0.39 is 0 Å². The van der Waals surface area contributed by atoms with Gasteiger partial charge in [-0.1, -0.05) is 18.2 Å². The number of hydrogen-bond acceptors (Lipinski definition) is 2. The van der Waals surface area contributed by atoms with Crippen molar-refractivity contribution in [3.8, 4) is 0 Å². The highest BCUT2D eigenvalue weighted by Crippen LogP contribution is 2.37. The largest absolute Gasteiger partial charge is 0.253 e. The maximum atomic E-state index is 4.63. The van der Waals surface area contributed by atoms with Gasteiger partial charge in [0.15, 0.2) is 0 Å². The molecule has 0 N–H and O–H groups in total. The standard InChI is InChI=1S/C12H11NS.ClH/c1-8-9-6-7-14-12(9)10-4-2-3-5-11(10)13-8;/h2-5H,6-7H2,1H3;1H. The van der Waals surface area contributed by atoms with Crippen molar-refractivity contribution < 1.29 is 0 Å². The van der Waals surface area contributed by atoms with E-state index in [0.717, 1.165) is 5.52 Å². The zero-order chi connectivity index (χ0) is 9.54. The van der Waals surface area contributed by atoms with Crippen molar-refractivity contribution in [2.24, 2.45) is 0 Å². The molecule has 2 heterocycles. The van der Waals surface area contributed by atoms with Crippen molar-refractivity contribution in [2.75, 3.05) is 5.75 Å². The van der Waals surface area contributed by atoms with Gasteiger partial charge in [0, 0.05) is 21.7 Å². The second-order valence-corrected chi connectivity index (χ2v) is 4.73. The van der Waals surface area contributed by atoms with Crippen molar-refractivity contribution in [3.63, 3.8) is 0 Å². The summed E-state index contributed by atoms with van der Waals surface area (Å²) >= 11 is 1.97. The average molecular weight is 238 g/mol. The van der Waals surface area contributed by atoms with Gasteiger partial charge in [-0.3, -0.25) is 4.98 Å². The normalized spacial score (nSPS) is 13.7. The summed E-state index contributed by atoms with van der Waals surface area (Å²) in [4.78, 5) is 6.10. The van der Waals surface area contributed by atoms with E-state index in [-0.39, 0.29) is 12.4 Å². The predicted molar refractivity (Wildman–Crippen MR) is 68.2 cm³/mol. The quantitative estimate of drug-likeness (QED) is 0.694. The van der Waals surface area contributed by atoms with E-state index >= 15 is 0 Å². The first-order chi connectivity index (χ1) is 6.86. The Balaban J connectivity index is 0.000000853. The summed E-state index contributed by atoms with van der Waals surface area (Å²) in [5.41, 5.74) is 3.82. The molecule has 0 atom stereocenters. The van der Waals surface area contributed by atoms with Crippen LogP contribution in [0.3, 0.4) is 0 Å². The van der Waals surface area contributed by atoms with Crippen molar-refractivity contribution in [1.82, 2.24) is 4.98 Å². The number of para-hydroxylation sites is 1. The number of thioether (sulfide) groups is 1. The highest BCUT2D eigenvalue weighted by atomic mass is 35.5. The zero-order valence-corrected chi connectivity index (χ0v) is 10.1. The van der Waals surface area contributed by atoms with Crippen LogP contribution in [0.4, 0.5) is 0 Å². The Morgan fingerprint density at radius 1 is 1.27 bits per heavy atom. The molecule has 1 aliphatic rings. The fourth-order valence-electron chi connectivity index (χ4n) is 2.05. The van der Waals surface area contributed by atoms with Crippen molar-refractivity contribution in [2.45, 2.75) is 18.2 Å². The molecule has 0 amide bonds. The van der Waals surface area contributed by atoms with Crippen LogP contribution in [0, 0.1) is 6.92 Å². The number of fused-ring (bicyclic) bond motifs is 3. The first kappa shape index (κ1) is 10.8. The number of halogens is 1. The maximum absolute atomic E-state index is 4.63. The Labute approximate surface area is 99.7 Å². The molecule has 1 aromatic heterocycles. The van der Waals surface area contributed by atoms with Gasteiger partial charge in [0.1, 0.15) is 0 Å². The molecule has 0 spiro atoms. The summed E-state index contributed by atoms with van der Waals surface area (Å²) < 4.78 is 0. The molecule has 0 saturated carbocycles. The summed E-state index contributed by atoms with van der Waals surface area (Å²) in [6, 6.07) is 8.43. The molecule has 1 aliphatic heterocycles. The van der Waals surface area contributed by atoms with E-state index in [0.29, 0.717) is 0 Å². The van der Waals surface area contributed by atoms with E-state index in [1.54, 1.807) is 0 Å². The highest BCUT2D eigenvalue weighted by molar-refractivity contribution is 7.99. The van der Waals surface area contributed by atoms with Gasteiger partial charge in [-0.2, -0.15) is 0 Å².